The number of carboxylic acids is 1. The van der Waals surface area contributed by atoms with Gasteiger partial charge in [-0.2, -0.15) is 0 Å². The van der Waals surface area contributed by atoms with E-state index < -0.39 is 11.9 Å². The van der Waals surface area contributed by atoms with Crippen LogP contribution in [-0.4, -0.2) is 23.6 Å². The lowest BCUT2D eigenvalue weighted by Crippen LogP contribution is -2.36. The molecule has 0 aliphatic rings. The monoisotopic (exact) mass is 397 g/mol. The highest BCUT2D eigenvalue weighted by Crippen LogP contribution is 2.15. The zero-order chi connectivity index (χ0) is 20.9. The number of hydrogen-bond donors (Lipinski definition) is 4. The maximum atomic E-state index is 11.2. The summed E-state index contributed by atoms with van der Waals surface area (Å²) in [6, 6.07) is 0. The first-order chi connectivity index (χ1) is 13.6. The van der Waals surface area contributed by atoms with Crippen LogP contribution in [0.3, 0.4) is 0 Å². The van der Waals surface area contributed by atoms with Gasteiger partial charge in [-0.05, 0) is 6.42 Å². The van der Waals surface area contributed by atoms with Crippen LogP contribution in [0.5, 0.6) is 0 Å². The van der Waals surface area contributed by atoms with Gasteiger partial charge in [0, 0.05) is 6.54 Å². The minimum atomic E-state index is -0.801. The third-order valence-electron chi connectivity index (χ3n) is 5.54. The Morgan fingerprint density at radius 2 is 1.14 bits per heavy atom. The molecule has 0 aliphatic carbocycles. The lowest BCUT2D eigenvalue weighted by Gasteiger charge is -2.13. The Morgan fingerprint density at radius 3 is 1.46 bits per heavy atom. The molecule has 1 atom stereocenters. The number of guanidine groups is 1. The summed E-state index contributed by atoms with van der Waals surface area (Å²) in [4.78, 5) is 11.2. The quantitative estimate of drug-likeness (QED) is 0.105. The van der Waals surface area contributed by atoms with Crippen molar-refractivity contribution in [2.24, 2.45) is 11.7 Å². The lowest BCUT2D eigenvalue weighted by molar-refractivity contribution is -0.141. The molecule has 0 saturated heterocycles. The van der Waals surface area contributed by atoms with Gasteiger partial charge in [0.1, 0.15) is 0 Å². The molecule has 5 N–H and O–H groups in total. The smallest absolute Gasteiger partial charge is 0.308 e. The van der Waals surface area contributed by atoms with Crippen LogP contribution in [0.2, 0.25) is 0 Å². The number of carboxylic acid groups (broad SMARTS) is 1. The van der Waals surface area contributed by atoms with Crippen molar-refractivity contribution >= 4 is 11.9 Å². The van der Waals surface area contributed by atoms with Crippen LogP contribution in [0.1, 0.15) is 122 Å². The molecule has 166 valence electrons. The zero-order valence-electron chi connectivity index (χ0n) is 18.4. The summed E-state index contributed by atoms with van der Waals surface area (Å²) in [7, 11) is 0. The molecular formula is C23H47N3O2. The molecule has 0 saturated carbocycles. The highest BCUT2D eigenvalue weighted by atomic mass is 16.4. The first-order valence-corrected chi connectivity index (χ1v) is 11.9. The summed E-state index contributed by atoms with van der Waals surface area (Å²) >= 11 is 0. The van der Waals surface area contributed by atoms with E-state index in [1.807, 2.05) is 0 Å². The predicted molar refractivity (Wildman–Crippen MR) is 120 cm³/mol. The van der Waals surface area contributed by atoms with Crippen molar-refractivity contribution in [1.82, 2.24) is 5.32 Å². The van der Waals surface area contributed by atoms with E-state index in [2.05, 4.69) is 12.2 Å². The lowest BCUT2D eigenvalue weighted by atomic mass is 9.99. The van der Waals surface area contributed by atoms with E-state index in [4.69, 9.17) is 16.2 Å². The number of nitrogens with one attached hydrogen (secondary N) is 2. The maximum absolute atomic E-state index is 11.2. The van der Waals surface area contributed by atoms with Crippen molar-refractivity contribution in [3.05, 3.63) is 0 Å². The number of aliphatic carboxylic acids is 1. The molecule has 0 amide bonds. The van der Waals surface area contributed by atoms with Gasteiger partial charge in [-0.1, -0.05) is 116 Å². The Labute approximate surface area is 173 Å². The van der Waals surface area contributed by atoms with E-state index in [0.717, 1.165) is 12.8 Å². The Kier molecular flexibility index (Phi) is 19.6. The van der Waals surface area contributed by atoms with Gasteiger partial charge in [0.2, 0.25) is 0 Å². The Morgan fingerprint density at radius 1 is 0.786 bits per heavy atom. The third-order valence-corrected chi connectivity index (χ3v) is 5.54. The molecule has 0 aromatic rings. The van der Waals surface area contributed by atoms with Gasteiger partial charge in [-0.25, -0.2) is 0 Å². The second-order valence-electron chi connectivity index (χ2n) is 8.28. The fraction of sp³-hybridized carbons (Fsp3) is 0.913. The fourth-order valence-electron chi connectivity index (χ4n) is 3.66. The van der Waals surface area contributed by atoms with E-state index in [1.165, 1.54) is 96.3 Å². The number of rotatable bonds is 21. The van der Waals surface area contributed by atoms with Gasteiger partial charge in [-0.3, -0.25) is 10.2 Å². The summed E-state index contributed by atoms with van der Waals surface area (Å²) in [5, 5.41) is 18.9. The van der Waals surface area contributed by atoms with E-state index in [0.29, 0.717) is 6.42 Å². The molecule has 0 aromatic carbocycles. The number of carbonyl (C=O) groups is 1. The van der Waals surface area contributed by atoms with Gasteiger partial charge in [0.05, 0.1) is 5.92 Å². The number of nitrogens with two attached hydrogens (primary N) is 1. The Balaban J connectivity index is 3.28. The van der Waals surface area contributed by atoms with Crippen molar-refractivity contribution in [2.75, 3.05) is 6.54 Å². The molecule has 0 bridgehead atoms. The van der Waals surface area contributed by atoms with Gasteiger partial charge >= 0.3 is 5.97 Å². The maximum Gasteiger partial charge on any atom is 0.308 e. The molecule has 0 heterocycles. The number of hydrogen-bond acceptors (Lipinski definition) is 2. The molecule has 0 aliphatic heterocycles. The van der Waals surface area contributed by atoms with Crippen molar-refractivity contribution < 1.29 is 9.90 Å². The molecule has 0 aromatic heterocycles. The number of unbranched alkanes of at least 4 members (excludes halogenated alkanes) is 16. The second-order valence-corrected chi connectivity index (χ2v) is 8.28. The van der Waals surface area contributed by atoms with Crippen LogP contribution >= 0.6 is 0 Å². The summed E-state index contributed by atoms with van der Waals surface area (Å²) < 4.78 is 0. The van der Waals surface area contributed by atoms with Gasteiger partial charge < -0.3 is 16.2 Å². The Hall–Kier alpha value is -1.26. The molecule has 0 rings (SSSR count). The first kappa shape index (κ1) is 26.7. The van der Waals surface area contributed by atoms with E-state index in [9.17, 15) is 4.79 Å². The highest BCUT2D eigenvalue weighted by Gasteiger charge is 2.16. The fourth-order valence-corrected chi connectivity index (χ4v) is 3.66. The molecule has 5 nitrogen and oxygen atoms in total. The van der Waals surface area contributed by atoms with Crippen LogP contribution in [0.4, 0.5) is 0 Å². The average Bonchev–Trinajstić information content (AvgIpc) is 2.66. The summed E-state index contributed by atoms with van der Waals surface area (Å²) in [5.74, 6) is -1.40. The van der Waals surface area contributed by atoms with Crippen LogP contribution in [0.25, 0.3) is 0 Å². The third kappa shape index (κ3) is 19.5. The van der Waals surface area contributed by atoms with E-state index >= 15 is 0 Å². The molecule has 28 heavy (non-hydrogen) atoms. The van der Waals surface area contributed by atoms with Gasteiger partial charge in [-0.15, -0.1) is 0 Å². The molecule has 5 heteroatoms. The van der Waals surface area contributed by atoms with Crippen LogP contribution in [-0.2, 0) is 4.79 Å². The topological polar surface area (TPSA) is 99.2 Å². The van der Waals surface area contributed by atoms with Gasteiger partial charge in [0.25, 0.3) is 0 Å². The van der Waals surface area contributed by atoms with Crippen LogP contribution in [0, 0.1) is 11.3 Å². The molecule has 0 radical (unpaired) electrons. The van der Waals surface area contributed by atoms with Crippen LogP contribution in [0.15, 0.2) is 0 Å². The van der Waals surface area contributed by atoms with Crippen molar-refractivity contribution in [3.63, 3.8) is 0 Å². The molecular weight excluding hydrogens is 350 g/mol. The summed E-state index contributed by atoms with van der Waals surface area (Å²) in [6.45, 7) is 2.53. The summed E-state index contributed by atoms with van der Waals surface area (Å²) in [6.07, 6.45) is 23.3. The first-order valence-electron chi connectivity index (χ1n) is 11.9. The largest absolute Gasteiger partial charge is 0.481 e. The average molecular weight is 398 g/mol. The minimum absolute atomic E-state index is 0.159. The van der Waals surface area contributed by atoms with E-state index in [1.54, 1.807) is 0 Å². The second kappa shape index (κ2) is 20.5. The molecule has 1 unspecified atom stereocenters. The molecule has 0 fully saturated rings. The normalized spacial score (nSPS) is 12.0. The standard InChI is InChI=1S/C23H47N3O2/c1-2-3-4-5-6-7-8-9-10-11-12-13-14-15-16-17-18-19-21(22(27)28)20-26-23(24)25/h21H,2-20H2,1H3,(H,27,28)(H4,24,25,26). The van der Waals surface area contributed by atoms with Crippen molar-refractivity contribution in [1.29, 1.82) is 5.41 Å². The van der Waals surface area contributed by atoms with Crippen molar-refractivity contribution in [3.8, 4) is 0 Å². The van der Waals surface area contributed by atoms with Crippen molar-refractivity contribution in [2.45, 2.75) is 122 Å². The summed E-state index contributed by atoms with van der Waals surface area (Å²) in [5.41, 5.74) is 5.21. The molecule has 0 spiro atoms. The Bertz CT molecular complexity index is 375. The zero-order valence-corrected chi connectivity index (χ0v) is 18.4. The SMILES string of the molecule is CCCCCCCCCCCCCCCCCCCC(CNC(=N)N)C(=O)O. The highest BCUT2D eigenvalue weighted by molar-refractivity contribution is 5.76. The minimum Gasteiger partial charge on any atom is -0.481 e. The predicted octanol–water partition coefficient (Wildman–Crippen LogP) is 6.21. The van der Waals surface area contributed by atoms with Gasteiger partial charge in [0.15, 0.2) is 5.96 Å². The van der Waals surface area contributed by atoms with E-state index in [-0.39, 0.29) is 12.5 Å². The van der Waals surface area contributed by atoms with Crippen LogP contribution < -0.4 is 11.1 Å².